The highest BCUT2D eigenvalue weighted by molar-refractivity contribution is 6.08. The number of carbonyl (C=O) groups is 1. The van der Waals surface area contributed by atoms with E-state index < -0.39 is 0 Å². The average molecular weight is 423 g/mol. The lowest BCUT2D eigenvalue weighted by Gasteiger charge is -2.33. The molecule has 0 saturated heterocycles. The molecule has 160 valence electrons. The van der Waals surface area contributed by atoms with E-state index in [2.05, 4.69) is 40.8 Å². The molecule has 5 heteroatoms. The van der Waals surface area contributed by atoms with Gasteiger partial charge in [-0.2, -0.15) is 0 Å². The van der Waals surface area contributed by atoms with Crippen LogP contribution in [0.4, 0.5) is 22.7 Å². The van der Waals surface area contributed by atoms with Crippen molar-refractivity contribution in [3.05, 3.63) is 90.3 Å². The topological polar surface area (TPSA) is 66.0 Å². The molecule has 0 bridgehead atoms. The van der Waals surface area contributed by atoms with Gasteiger partial charge in [0.05, 0.1) is 11.3 Å². The molecule has 0 saturated carbocycles. The summed E-state index contributed by atoms with van der Waals surface area (Å²) in [5.41, 5.74) is 5.55. The smallest absolute Gasteiger partial charge is 0.257 e. The molecule has 5 nitrogen and oxygen atoms in total. The van der Waals surface area contributed by atoms with Crippen LogP contribution in [0.5, 0.6) is 0 Å². The third-order valence-electron chi connectivity index (χ3n) is 6.16. The largest absolute Gasteiger partial charge is 0.385 e. The van der Waals surface area contributed by atoms with E-state index in [1.54, 1.807) is 6.20 Å². The first-order valence-corrected chi connectivity index (χ1v) is 10.9. The summed E-state index contributed by atoms with van der Waals surface area (Å²) in [6.45, 7) is 5.46. The molecule has 0 unspecified atom stereocenters. The van der Waals surface area contributed by atoms with E-state index >= 15 is 0 Å². The van der Waals surface area contributed by atoms with Gasteiger partial charge >= 0.3 is 0 Å². The Kier molecular flexibility index (Phi) is 5.02. The fourth-order valence-electron chi connectivity index (χ4n) is 4.31. The van der Waals surface area contributed by atoms with E-state index in [1.165, 1.54) is 5.56 Å². The van der Waals surface area contributed by atoms with Crippen molar-refractivity contribution in [2.24, 2.45) is 0 Å². The van der Waals surface area contributed by atoms with Crippen molar-refractivity contribution in [2.75, 3.05) is 22.5 Å². The quantitative estimate of drug-likeness (QED) is 0.360. The van der Waals surface area contributed by atoms with Gasteiger partial charge in [-0.15, -0.1) is 0 Å². The summed E-state index contributed by atoms with van der Waals surface area (Å²) in [6.07, 6.45) is 4.71. The molecule has 5 rings (SSSR count). The number of hydrogen-bond acceptors (Lipinski definition) is 4. The van der Waals surface area contributed by atoms with Crippen LogP contribution < -0.4 is 16.0 Å². The van der Waals surface area contributed by atoms with Crippen LogP contribution in [0.1, 0.15) is 36.2 Å². The van der Waals surface area contributed by atoms with Crippen LogP contribution in [0.3, 0.4) is 0 Å². The zero-order valence-electron chi connectivity index (χ0n) is 18.3. The van der Waals surface area contributed by atoms with Crippen LogP contribution in [0.2, 0.25) is 0 Å². The lowest BCUT2D eigenvalue weighted by atomic mass is 9.78. The molecule has 32 heavy (non-hydrogen) atoms. The second kappa shape index (κ2) is 8.00. The molecule has 0 atom stereocenters. The first-order valence-electron chi connectivity index (χ1n) is 10.9. The number of amides is 1. The molecule has 1 aliphatic heterocycles. The number of benzene rings is 3. The second-order valence-electron chi connectivity index (χ2n) is 8.88. The zero-order chi connectivity index (χ0) is 22.1. The third kappa shape index (κ3) is 3.89. The molecule has 4 aromatic rings. The number of aromatic nitrogens is 1. The van der Waals surface area contributed by atoms with Crippen LogP contribution >= 0.6 is 0 Å². The van der Waals surface area contributed by atoms with Gasteiger partial charge in [0.2, 0.25) is 0 Å². The number of nitrogens with zero attached hydrogens (tertiary/aromatic N) is 1. The highest BCUT2D eigenvalue weighted by Gasteiger charge is 2.27. The number of pyridine rings is 1. The van der Waals surface area contributed by atoms with Gasteiger partial charge in [0, 0.05) is 41.4 Å². The Morgan fingerprint density at radius 2 is 1.81 bits per heavy atom. The number of para-hydroxylation sites is 1. The molecule has 0 spiro atoms. The molecule has 0 fully saturated rings. The van der Waals surface area contributed by atoms with Crippen molar-refractivity contribution >= 4 is 39.4 Å². The van der Waals surface area contributed by atoms with Crippen LogP contribution in [0.15, 0.2) is 79.1 Å². The summed E-state index contributed by atoms with van der Waals surface area (Å²) >= 11 is 0. The van der Waals surface area contributed by atoms with Crippen molar-refractivity contribution in [2.45, 2.75) is 25.7 Å². The standard InChI is InChI=1S/C27H26N4O/c1-27(2)12-14-29-25-16-21(9-10-23(25)27)31-26(32)22-5-3-4-6-24(22)30-20-8-7-18-11-13-28-17-19(18)15-20/h3-11,13,15-17,29-30H,12,14H2,1-2H3,(H,31,32). The van der Waals surface area contributed by atoms with Gasteiger partial charge in [0.15, 0.2) is 0 Å². The van der Waals surface area contributed by atoms with Gasteiger partial charge in [-0.25, -0.2) is 0 Å². The Morgan fingerprint density at radius 1 is 0.969 bits per heavy atom. The Bertz CT molecular complexity index is 1310. The van der Waals surface area contributed by atoms with E-state index in [0.29, 0.717) is 5.56 Å². The molecule has 0 radical (unpaired) electrons. The number of anilines is 4. The molecule has 2 heterocycles. The van der Waals surface area contributed by atoms with Gasteiger partial charge in [-0.05, 0) is 65.3 Å². The van der Waals surface area contributed by atoms with Crippen molar-refractivity contribution in [3.63, 3.8) is 0 Å². The Balaban J connectivity index is 1.39. The summed E-state index contributed by atoms with van der Waals surface area (Å²) < 4.78 is 0. The lowest BCUT2D eigenvalue weighted by Crippen LogP contribution is -2.28. The van der Waals surface area contributed by atoms with Crippen LogP contribution in [0, 0.1) is 0 Å². The van der Waals surface area contributed by atoms with Crippen molar-refractivity contribution in [1.82, 2.24) is 4.98 Å². The third-order valence-corrected chi connectivity index (χ3v) is 6.16. The lowest BCUT2D eigenvalue weighted by molar-refractivity contribution is 0.102. The Morgan fingerprint density at radius 3 is 2.72 bits per heavy atom. The van der Waals surface area contributed by atoms with Crippen molar-refractivity contribution in [1.29, 1.82) is 0 Å². The summed E-state index contributed by atoms with van der Waals surface area (Å²) in [7, 11) is 0. The highest BCUT2D eigenvalue weighted by Crippen LogP contribution is 2.38. The van der Waals surface area contributed by atoms with Crippen LogP contribution in [-0.4, -0.2) is 17.4 Å². The minimum absolute atomic E-state index is 0.134. The summed E-state index contributed by atoms with van der Waals surface area (Å²) in [5.74, 6) is -0.148. The molecule has 1 aromatic heterocycles. The number of carbonyl (C=O) groups excluding carboxylic acids is 1. The molecule has 3 N–H and O–H groups in total. The predicted octanol–water partition coefficient (Wildman–Crippen LogP) is 6.32. The van der Waals surface area contributed by atoms with Gasteiger partial charge in [-0.1, -0.05) is 38.1 Å². The maximum Gasteiger partial charge on any atom is 0.257 e. The highest BCUT2D eigenvalue weighted by atomic mass is 16.1. The van der Waals surface area contributed by atoms with E-state index in [-0.39, 0.29) is 11.3 Å². The predicted molar refractivity (Wildman–Crippen MR) is 132 cm³/mol. The van der Waals surface area contributed by atoms with E-state index in [4.69, 9.17) is 0 Å². The SMILES string of the molecule is CC1(C)CCNc2cc(NC(=O)c3ccccc3Nc3ccc4ccncc4c3)ccc21. The first kappa shape index (κ1) is 20.1. The Labute approximate surface area is 187 Å². The van der Waals surface area contributed by atoms with Crippen LogP contribution in [-0.2, 0) is 5.41 Å². The number of rotatable bonds is 4. The summed E-state index contributed by atoms with van der Waals surface area (Å²) in [4.78, 5) is 17.3. The fourth-order valence-corrected chi connectivity index (χ4v) is 4.31. The minimum Gasteiger partial charge on any atom is -0.385 e. The summed E-state index contributed by atoms with van der Waals surface area (Å²) in [6, 6.07) is 21.7. The Hall–Kier alpha value is -3.86. The average Bonchev–Trinajstić information content (AvgIpc) is 2.79. The van der Waals surface area contributed by atoms with Crippen LogP contribution in [0.25, 0.3) is 10.8 Å². The maximum absolute atomic E-state index is 13.2. The van der Waals surface area contributed by atoms with Gasteiger partial charge in [-0.3, -0.25) is 9.78 Å². The number of fused-ring (bicyclic) bond motifs is 2. The maximum atomic E-state index is 13.2. The van der Waals surface area contributed by atoms with Gasteiger partial charge in [0.25, 0.3) is 5.91 Å². The number of nitrogens with one attached hydrogen (secondary N) is 3. The second-order valence-corrected chi connectivity index (χ2v) is 8.88. The van der Waals surface area contributed by atoms with E-state index in [9.17, 15) is 4.79 Å². The van der Waals surface area contributed by atoms with Crippen molar-refractivity contribution in [3.8, 4) is 0 Å². The molecular weight excluding hydrogens is 396 g/mol. The van der Waals surface area contributed by atoms with E-state index in [1.807, 2.05) is 66.9 Å². The number of hydrogen-bond donors (Lipinski definition) is 3. The molecule has 1 aliphatic rings. The molecule has 0 aliphatic carbocycles. The van der Waals surface area contributed by atoms with Crippen molar-refractivity contribution < 1.29 is 4.79 Å². The monoisotopic (exact) mass is 422 g/mol. The fraction of sp³-hybridized carbons (Fsp3) is 0.185. The molecule has 1 amide bonds. The molecule has 3 aromatic carbocycles. The zero-order valence-corrected chi connectivity index (χ0v) is 18.3. The first-order chi connectivity index (χ1) is 15.5. The van der Waals surface area contributed by atoms with E-state index in [0.717, 1.165) is 46.5 Å². The summed E-state index contributed by atoms with van der Waals surface area (Å²) in [5, 5.41) is 12.1. The normalized spacial score (nSPS) is 14.3. The van der Waals surface area contributed by atoms with Gasteiger partial charge in [0.1, 0.15) is 0 Å². The van der Waals surface area contributed by atoms with Gasteiger partial charge < -0.3 is 16.0 Å². The minimum atomic E-state index is -0.148. The molecular formula is C27H26N4O.